The molecule has 3 aromatic heterocycles. The topological polar surface area (TPSA) is 228 Å². The lowest BCUT2D eigenvalue weighted by atomic mass is 9.80. The number of carbonyl (C=O) groups excluding carboxylic acids is 2. The van der Waals surface area contributed by atoms with Gasteiger partial charge in [0.2, 0.25) is 0 Å². The van der Waals surface area contributed by atoms with Crippen LogP contribution in [-0.2, 0) is 43.6 Å². The van der Waals surface area contributed by atoms with Crippen molar-refractivity contribution in [1.29, 1.82) is 0 Å². The third-order valence-electron chi connectivity index (χ3n) is 12.6. The average Bonchev–Trinajstić information content (AvgIpc) is 4.15. The van der Waals surface area contributed by atoms with E-state index >= 15 is 0 Å². The summed E-state index contributed by atoms with van der Waals surface area (Å²) >= 11 is 0. The normalized spacial score (nSPS) is 19.8. The van der Waals surface area contributed by atoms with Crippen molar-refractivity contribution in [1.82, 2.24) is 29.1 Å². The lowest BCUT2D eigenvalue weighted by Crippen LogP contribution is -2.39. The summed E-state index contributed by atoms with van der Waals surface area (Å²) < 4.78 is 57.8. The first kappa shape index (κ1) is 49.4. The number of hydrogen-bond donors (Lipinski definition) is 2. The van der Waals surface area contributed by atoms with Crippen LogP contribution in [0.1, 0.15) is 57.9 Å². The monoisotopic (exact) mass is 983 g/mol. The number of fused-ring (bicyclic) bond motifs is 1. The molecule has 0 aliphatic carbocycles. The Kier molecular flexibility index (Phi) is 15.2. The number of H-pyrrole nitrogens is 1. The molecule has 0 unspecified atom stereocenters. The zero-order valence-corrected chi connectivity index (χ0v) is 39.9. The van der Waals surface area contributed by atoms with Gasteiger partial charge in [0.05, 0.1) is 39.9 Å². The molecule has 20 heteroatoms. The number of aryl methyl sites for hydroxylation is 1. The fourth-order valence-corrected chi connectivity index (χ4v) is 8.97. The van der Waals surface area contributed by atoms with Crippen LogP contribution in [0.25, 0.3) is 11.2 Å². The van der Waals surface area contributed by atoms with Crippen LogP contribution in [0.4, 0.5) is 5.82 Å². The van der Waals surface area contributed by atoms with E-state index in [-0.39, 0.29) is 51.2 Å². The van der Waals surface area contributed by atoms with Crippen molar-refractivity contribution in [2.24, 2.45) is 0 Å². The van der Waals surface area contributed by atoms with Crippen LogP contribution in [0, 0.1) is 6.92 Å². The summed E-state index contributed by atoms with van der Waals surface area (Å²) in [4.78, 5) is 67.1. The van der Waals surface area contributed by atoms with Gasteiger partial charge in [0, 0.05) is 37.3 Å². The van der Waals surface area contributed by atoms with Gasteiger partial charge in [-0.3, -0.25) is 23.7 Å². The largest absolute Gasteiger partial charge is 0.497 e. The standard InChI is InChI=1S/C52H53N7O13/c1-32-25-58(51(63)57-49(32)61)43-23-39(42(71-43)27-69-52(34-13-9-6-10-14-34,35-15-19-37(65-3)20-16-35)36-17-21-38(66-4)22-18-36)68-31-67-26-41-40(72-45(60)28-64-2)24-44(70-41)59-30-55-46-47(53-29-54-48(46)59)56-50(62)33-11-7-5-8-12-33/h5-22,25,29-30,39-44H,23-24,26-28,31H2,1-4H3,(H,57,61,63)(H,53,54,56,62)/t39-,40-,41+,42+,43+,44+/m0/s1. The van der Waals surface area contributed by atoms with E-state index in [0.29, 0.717) is 33.8 Å². The fourth-order valence-electron chi connectivity index (χ4n) is 8.97. The molecular weight excluding hydrogens is 931 g/mol. The highest BCUT2D eigenvalue weighted by Gasteiger charge is 2.44. The maximum Gasteiger partial charge on any atom is 0.332 e. The Hall–Kier alpha value is -7.59. The summed E-state index contributed by atoms with van der Waals surface area (Å²) in [5.41, 5.74) is 1.53. The SMILES string of the molecule is COCC(=O)O[C@H]1C[C@H](n2cnc3c(NC(=O)c4ccccc4)ncnc32)O[C@@H]1COCO[C@H]1C[C@H](n2cc(C)c(=O)[nH]c2=O)O[C@@H]1COC(c1ccccc1)(c1ccc(OC)cc1)c1ccc(OC)cc1. The molecule has 20 nitrogen and oxygen atoms in total. The molecule has 0 bridgehead atoms. The van der Waals surface area contributed by atoms with Crippen LogP contribution in [0.15, 0.2) is 138 Å². The van der Waals surface area contributed by atoms with Crippen molar-refractivity contribution in [2.45, 2.75) is 62.2 Å². The third kappa shape index (κ3) is 10.5. The molecule has 7 aromatic rings. The summed E-state index contributed by atoms with van der Waals surface area (Å²) in [5, 5.41) is 2.81. The number of anilines is 1. The van der Waals surface area contributed by atoms with E-state index in [4.69, 9.17) is 42.6 Å². The van der Waals surface area contributed by atoms with Crippen molar-refractivity contribution < 1.29 is 52.2 Å². The molecule has 0 spiro atoms. The number of nitrogens with one attached hydrogen (secondary N) is 2. The highest BCUT2D eigenvalue weighted by molar-refractivity contribution is 6.06. The van der Waals surface area contributed by atoms with Crippen LogP contribution in [0.3, 0.4) is 0 Å². The Morgan fingerprint density at radius 1 is 0.750 bits per heavy atom. The van der Waals surface area contributed by atoms with E-state index in [1.165, 1.54) is 30.5 Å². The number of hydrogen-bond acceptors (Lipinski definition) is 16. The number of benzene rings is 4. The van der Waals surface area contributed by atoms with Gasteiger partial charge in [-0.05, 0) is 60.0 Å². The Morgan fingerprint density at radius 3 is 2.01 bits per heavy atom. The second-order valence-electron chi connectivity index (χ2n) is 17.0. The van der Waals surface area contributed by atoms with Crippen LogP contribution in [0.2, 0.25) is 0 Å². The summed E-state index contributed by atoms with van der Waals surface area (Å²) in [6.07, 6.45) is 0.0190. The van der Waals surface area contributed by atoms with Gasteiger partial charge < -0.3 is 47.9 Å². The molecule has 2 fully saturated rings. The van der Waals surface area contributed by atoms with Crippen molar-refractivity contribution in [3.05, 3.63) is 177 Å². The zero-order valence-electron chi connectivity index (χ0n) is 39.9. The lowest BCUT2D eigenvalue weighted by molar-refractivity contribution is -0.166. The number of methoxy groups -OCH3 is 3. The van der Waals surface area contributed by atoms with Gasteiger partial charge in [0.1, 0.15) is 67.6 Å². The Labute approximate surface area is 412 Å². The maximum absolute atomic E-state index is 13.2. The van der Waals surface area contributed by atoms with Gasteiger partial charge >= 0.3 is 11.7 Å². The summed E-state index contributed by atoms with van der Waals surface area (Å²) in [7, 11) is 4.60. The van der Waals surface area contributed by atoms with Gasteiger partial charge in [-0.15, -0.1) is 0 Å². The van der Waals surface area contributed by atoms with Gasteiger partial charge in [0.25, 0.3) is 11.5 Å². The number of rotatable bonds is 20. The Bertz CT molecular complexity index is 3030. The first-order chi connectivity index (χ1) is 35.1. The van der Waals surface area contributed by atoms with E-state index < -0.39 is 59.7 Å². The highest BCUT2D eigenvalue weighted by Crippen LogP contribution is 2.43. The van der Waals surface area contributed by atoms with Gasteiger partial charge in [-0.25, -0.2) is 24.5 Å². The molecule has 2 aliphatic rings. The minimum absolute atomic E-state index is 0.0454. The molecule has 0 radical (unpaired) electrons. The van der Waals surface area contributed by atoms with Crippen molar-refractivity contribution in [3.8, 4) is 11.5 Å². The number of carbonyl (C=O) groups is 2. The fraction of sp³-hybridized carbons (Fsp3) is 0.327. The first-order valence-corrected chi connectivity index (χ1v) is 23.1. The molecule has 2 N–H and O–H groups in total. The molecule has 72 heavy (non-hydrogen) atoms. The summed E-state index contributed by atoms with van der Waals surface area (Å²) in [6.45, 7) is 0.926. The van der Waals surface area contributed by atoms with Crippen molar-refractivity contribution in [2.75, 3.05) is 53.3 Å². The molecular formula is C52H53N7O13. The summed E-state index contributed by atoms with van der Waals surface area (Å²) in [6, 6.07) is 33.7. The van der Waals surface area contributed by atoms with Crippen LogP contribution in [-0.4, -0.2) is 113 Å². The van der Waals surface area contributed by atoms with E-state index in [9.17, 15) is 19.2 Å². The van der Waals surface area contributed by atoms with E-state index in [1.54, 1.807) is 50.0 Å². The number of aromatic nitrogens is 6. The molecule has 9 rings (SSSR count). The number of nitrogens with zero attached hydrogens (tertiary/aromatic N) is 5. The molecule has 374 valence electrons. The van der Waals surface area contributed by atoms with Gasteiger partial charge in [0.15, 0.2) is 17.0 Å². The van der Waals surface area contributed by atoms with Crippen molar-refractivity contribution in [3.63, 3.8) is 0 Å². The number of amides is 1. The van der Waals surface area contributed by atoms with E-state index in [0.717, 1.165) is 16.7 Å². The molecule has 4 aromatic carbocycles. The number of aromatic amines is 1. The predicted octanol–water partition coefficient (Wildman–Crippen LogP) is 5.46. The molecule has 0 saturated carbocycles. The van der Waals surface area contributed by atoms with Crippen molar-refractivity contribution >= 4 is 28.9 Å². The van der Waals surface area contributed by atoms with E-state index in [2.05, 4.69) is 25.3 Å². The average molecular weight is 984 g/mol. The molecule has 2 saturated heterocycles. The van der Waals surface area contributed by atoms with Crippen LogP contribution < -0.4 is 26.0 Å². The smallest absolute Gasteiger partial charge is 0.332 e. The Morgan fingerprint density at radius 2 is 1.36 bits per heavy atom. The second-order valence-corrected chi connectivity index (χ2v) is 17.0. The van der Waals surface area contributed by atoms with Gasteiger partial charge in [-0.1, -0.05) is 72.8 Å². The quantitative estimate of drug-likeness (QED) is 0.0419. The molecule has 2 aliphatic heterocycles. The zero-order chi connectivity index (χ0) is 50.2. The van der Waals surface area contributed by atoms with Crippen LogP contribution in [0.5, 0.6) is 11.5 Å². The Balaban J connectivity index is 0.954. The molecule has 6 atom stereocenters. The number of imidazole rings is 1. The third-order valence-corrected chi connectivity index (χ3v) is 12.6. The van der Waals surface area contributed by atoms with E-state index in [1.807, 2.05) is 84.9 Å². The summed E-state index contributed by atoms with van der Waals surface area (Å²) in [5.74, 6) is 0.566. The highest BCUT2D eigenvalue weighted by atomic mass is 16.7. The second kappa shape index (κ2) is 22.2. The van der Waals surface area contributed by atoms with Gasteiger partial charge in [-0.2, -0.15) is 0 Å². The number of ether oxygens (including phenoxy) is 9. The minimum Gasteiger partial charge on any atom is -0.497 e. The molecule has 5 heterocycles. The minimum atomic E-state index is -1.20. The van der Waals surface area contributed by atoms with Crippen LogP contribution >= 0.6 is 0 Å². The predicted molar refractivity (Wildman–Crippen MR) is 259 cm³/mol. The first-order valence-electron chi connectivity index (χ1n) is 23.1. The lowest BCUT2D eigenvalue weighted by Gasteiger charge is -2.37. The number of esters is 1. The maximum atomic E-state index is 13.2. The molecule has 1 amide bonds.